The number of rotatable bonds is 6. The van der Waals surface area contributed by atoms with Gasteiger partial charge in [-0.2, -0.15) is 5.10 Å². The monoisotopic (exact) mass is 244 g/mol. The summed E-state index contributed by atoms with van der Waals surface area (Å²) in [6, 6.07) is 0.281. The highest BCUT2D eigenvalue weighted by Gasteiger charge is 2.04. The number of carbonyl (C=O) groups is 1. The van der Waals surface area contributed by atoms with E-state index in [1.165, 1.54) is 0 Å². The van der Waals surface area contributed by atoms with Crippen molar-refractivity contribution in [2.75, 3.05) is 13.6 Å². The van der Waals surface area contributed by atoms with Gasteiger partial charge in [0.05, 0.1) is 11.2 Å². The molecule has 1 heterocycles. The van der Waals surface area contributed by atoms with Crippen molar-refractivity contribution in [3.8, 4) is 0 Å². The number of aromatic nitrogens is 2. The van der Waals surface area contributed by atoms with Crippen LogP contribution in [0.25, 0.3) is 0 Å². The lowest BCUT2D eigenvalue weighted by atomic mass is 10.3. The number of nitrogens with one attached hydrogen (secondary N) is 2. The summed E-state index contributed by atoms with van der Waals surface area (Å²) in [5, 5.41) is 10.5. The van der Waals surface area contributed by atoms with Gasteiger partial charge in [0.1, 0.15) is 0 Å². The molecule has 6 heteroatoms. The molecule has 0 radical (unpaired) electrons. The Morgan fingerprint density at radius 1 is 1.69 bits per heavy atom. The van der Waals surface area contributed by atoms with Crippen LogP contribution in [0, 0.1) is 0 Å². The van der Waals surface area contributed by atoms with Crippen molar-refractivity contribution in [2.45, 2.75) is 25.9 Å². The van der Waals surface area contributed by atoms with Crippen LogP contribution in [0.5, 0.6) is 0 Å². The molecule has 90 valence electrons. The topological polar surface area (TPSA) is 58.9 Å². The van der Waals surface area contributed by atoms with Crippen molar-refractivity contribution in [3.05, 3.63) is 17.4 Å². The Kier molecular flexibility index (Phi) is 5.28. The van der Waals surface area contributed by atoms with Crippen molar-refractivity contribution in [2.24, 2.45) is 0 Å². The normalized spacial score (nSPS) is 12.4. The standard InChI is InChI=1S/C10H17ClN4O/c1-8(12-2)5-13-10(16)3-4-15-7-9(11)6-14-15/h6-8,12H,3-5H2,1-2H3,(H,13,16). The molecule has 16 heavy (non-hydrogen) atoms. The average Bonchev–Trinajstić information content (AvgIpc) is 2.69. The van der Waals surface area contributed by atoms with E-state index in [1.807, 2.05) is 14.0 Å². The Morgan fingerprint density at radius 2 is 2.44 bits per heavy atom. The van der Waals surface area contributed by atoms with E-state index < -0.39 is 0 Å². The molecule has 0 spiro atoms. The Balaban J connectivity index is 2.20. The third-order valence-electron chi connectivity index (χ3n) is 2.27. The number of likely N-dealkylation sites (N-methyl/N-ethyl adjacent to an activating group) is 1. The maximum Gasteiger partial charge on any atom is 0.221 e. The first-order valence-corrected chi connectivity index (χ1v) is 5.61. The molecule has 0 saturated heterocycles. The van der Waals surface area contributed by atoms with Crippen LogP contribution in [0.3, 0.4) is 0 Å². The van der Waals surface area contributed by atoms with Crippen molar-refractivity contribution < 1.29 is 4.79 Å². The maximum atomic E-state index is 11.4. The summed E-state index contributed by atoms with van der Waals surface area (Å²) in [7, 11) is 1.86. The summed E-state index contributed by atoms with van der Waals surface area (Å²) in [6.07, 6.45) is 3.67. The van der Waals surface area contributed by atoms with E-state index in [-0.39, 0.29) is 11.9 Å². The molecular formula is C10H17ClN4O. The molecule has 0 bridgehead atoms. The smallest absolute Gasteiger partial charge is 0.221 e. The zero-order valence-corrected chi connectivity index (χ0v) is 10.3. The molecule has 2 N–H and O–H groups in total. The molecule has 1 rings (SSSR count). The molecule has 1 amide bonds. The highest BCUT2D eigenvalue weighted by molar-refractivity contribution is 6.30. The molecule has 1 aromatic heterocycles. The van der Waals surface area contributed by atoms with Gasteiger partial charge in [-0.25, -0.2) is 0 Å². The molecule has 1 atom stereocenters. The minimum absolute atomic E-state index is 0.0220. The van der Waals surface area contributed by atoms with Gasteiger partial charge in [-0.3, -0.25) is 9.48 Å². The van der Waals surface area contributed by atoms with Gasteiger partial charge < -0.3 is 10.6 Å². The van der Waals surface area contributed by atoms with Crippen LogP contribution in [0.4, 0.5) is 0 Å². The maximum absolute atomic E-state index is 11.4. The Morgan fingerprint density at radius 3 is 3.00 bits per heavy atom. The summed E-state index contributed by atoms with van der Waals surface area (Å²) in [5.74, 6) is 0.0220. The summed E-state index contributed by atoms with van der Waals surface area (Å²) in [6.45, 7) is 3.19. The van der Waals surface area contributed by atoms with E-state index in [2.05, 4.69) is 15.7 Å². The number of carbonyl (C=O) groups excluding carboxylic acids is 1. The van der Waals surface area contributed by atoms with Crippen molar-refractivity contribution in [3.63, 3.8) is 0 Å². The first kappa shape index (κ1) is 13.0. The average molecular weight is 245 g/mol. The lowest BCUT2D eigenvalue weighted by Crippen LogP contribution is -2.37. The van der Waals surface area contributed by atoms with Gasteiger partial charge in [-0.1, -0.05) is 11.6 Å². The van der Waals surface area contributed by atoms with Gasteiger partial charge in [0.25, 0.3) is 0 Å². The van der Waals surface area contributed by atoms with Gasteiger partial charge in [0, 0.05) is 31.7 Å². The Hall–Kier alpha value is -1.07. The summed E-state index contributed by atoms with van der Waals surface area (Å²) < 4.78 is 1.66. The van der Waals surface area contributed by atoms with Gasteiger partial charge in [-0.05, 0) is 14.0 Å². The predicted molar refractivity (Wildman–Crippen MR) is 63.4 cm³/mol. The second-order valence-corrected chi connectivity index (χ2v) is 4.10. The van der Waals surface area contributed by atoms with E-state index >= 15 is 0 Å². The van der Waals surface area contributed by atoms with Gasteiger partial charge in [0.2, 0.25) is 5.91 Å². The minimum atomic E-state index is 0.0220. The number of hydrogen-bond donors (Lipinski definition) is 2. The molecule has 0 aliphatic heterocycles. The van der Waals surface area contributed by atoms with E-state index in [1.54, 1.807) is 17.1 Å². The van der Waals surface area contributed by atoms with Crippen molar-refractivity contribution in [1.82, 2.24) is 20.4 Å². The summed E-state index contributed by atoms with van der Waals surface area (Å²) in [4.78, 5) is 11.4. The molecule has 0 saturated carbocycles. The second-order valence-electron chi connectivity index (χ2n) is 3.67. The molecule has 1 unspecified atom stereocenters. The number of nitrogens with zero attached hydrogens (tertiary/aromatic N) is 2. The molecule has 0 fully saturated rings. The molecule has 0 aliphatic rings. The van der Waals surface area contributed by atoms with E-state index in [0.29, 0.717) is 24.5 Å². The zero-order chi connectivity index (χ0) is 12.0. The third-order valence-corrected chi connectivity index (χ3v) is 2.46. The highest BCUT2D eigenvalue weighted by atomic mass is 35.5. The Bertz CT molecular complexity index is 339. The fourth-order valence-corrected chi connectivity index (χ4v) is 1.29. The van der Waals surface area contributed by atoms with Crippen LogP contribution >= 0.6 is 11.6 Å². The molecule has 5 nitrogen and oxygen atoms in total. The SMILES string of the molecule is CNC(C)CNC(=O)CCn1cc(Cl)cn1. The highest BCUT2D eigenvalue weighted by Crippen LogP contribution is 2.04. The van der Waals surface area contributed by atoms with E-state index in [9.17, 15) is 4.79 Å². The lowest BCUT2D eigenvalue weighted by Gasteiger charge is -2.11. The molecular weight excluding hydrogens is 228 g/mol. The second kappa shape index (κ2) is 6.50. The largest absolute Gasteiger partial charge is 0.354 e. The molecule has 1 aromatic rings. The van der Waals surface area contributed by atoms with E-state index in [4.69, 9.17) is 11.6 Å². The van der Waals surface area contributed by atoms with Gasteiger partial charge in [-0.15, -0.1) is 0 Å². The van der Waals surface area contributed by atoms with Gasteiger partial charge in [0.15, 0.2) is 0 Å². The van der Waals surface area contributed by atoms with Crippen LogP contribution in [-0.4, -0.2) is 35.3 Å². The van der Waals surface area contributed by atoms with Crippen LogP contribution in [0.15, 0.2) is 12.4 Å². The van der Waals surface area contributed by atoms with Gasteiger partial charge >= 0.3 is 0 Å². The first-order chi connectivity index (χ1) is 7.61. The van der Waals surface area contributed by atoms with Crippen LogP contribution in [-0.2, 0) is 11.3 Å². The molecule has 0 aliphatic carbocycles. The van der Waals surface area contributed by atoms with E-state index in [0.717, 1.165) is 0 Å². The number of halogens is 1. The quantitative estimate of drug-likeness (QED) is 0.773. The van der Waals surface area contributed by atoms with Crippen molar-refractivity contribution >= 4 is 17.5 Å². The fourth-order valence-electron chi connectivity index (χ4n) is 1.13. The predicted octanol–water partition coefficient (Wildman–Crippen LogP) is 0.651. The number of amides is 1. The Labute approximate surface area is 100 Å². The summed E-state index contributed by atoms with van der Waals surface area (Å²) in [5.41, 5.74) is 0. The number of hydrogen-bond acceptors (Lipinski definition) is 3. The van der Waals surface area contributed by atoms with Crippen LogP contribution < -0.4 is 10.6 Å². The minimum Gasteiger partial charge on any atom is -0.354 e. The van der Waals surface area contributed by atoms with Crippen LogP contribution in [0.2, 0.25) is 5.02 Å². The zero-order valence-electron chi connectivity index (χ0n) is 9.53. The summed E-state index contributed by atoms with van der Waals surface area (Å²) >= 11 is 5.71. The first-order valence-electron chi connectivity index (χ1n) is 5.23. The molecule has 0 aromatic carbocycles. The van der Waals surface area contributed by atoms with Crippen LogP contribution in [0.1, 0.15) is 13.3 Å². The lowest BCUT2D eigenvalue weighted by molar-refractivity contribution is -0.121. The van der Waals surface area contributed by atoms with Crippen molar-refractivity contribution in [1.29, 1.82) is 0 Å². The third kappa shape index (κ3) is 4.63. The number of aryl methyl sites for hydroxylation is 1. The fraction of sp³-hybridized carbons (Fsp3) is 0.600.